The molecule has 1 N–H and O–H groups in total. The number of likely N-dealkylation sites (N-methyl/N-ethyl adjacent to an activating group) is 1. The lowest BCUT2D eigenvalue weighted by Gasteiger charge is -2.36. The third kappa shape index (κ3) is 3.33. The highest BCUT2D eigenvalue weighted by Gasteiger charge is 2.24. The Morgan fingerprint density at radius 3 is 2.72 bits per heavy atom. The van der Waals surface area contributed by atoms with Crippen LogP contribution in [-0.2, 0) is 11.2 Å². The van der Waals surface area contributed by atoms with Crippen LogP contribution in [0.4, 0.5) is 0 Å². The molecule has 1 aliphatic heterocycles. The van der Waals surface area contributed by atoms with Gasteiger partial charge in [-0.1, -0.05) is 24.3 Å². The molecule has 2 rings (SSSR count). The molecule has 1 atom stereocenters. The lowest BCUT2D eigenvalue weighted by molar-refractivity contribution is -0.110. The average Bonchev–Trinajstić information content (AvgIpc) is 2.32. The largest absolute Gasteiger partial charge is 0.356 e. The molecule has 0 aliphatic carbocycles. The van der Waals surface area contributed by atoms with Crippen molar-refractivity contribution in [1.82, 2.24) is 10.2 Å². The van der Waals surface area contributed by atoms with Crippen molar-refractivity contribution < 1.29 is 6.17 Å². The average molecular weight is 248 g/mol. The Hall–Kier alpha value is -1.35. The van der Waals surface area contributed by atoms with Crippen LogP contribution in [0.25, 0.3) is 0 Å². The van der Waals surface area contributed by atoms with Gasteiger partial charge in [0.1, 0.15) is 1.37 Å². The summed E-state index contributed by atoms with van der Waals surface area (Å²) in [6, 6.07) is 8.87. The number of rotatable bonds is 5. The molecule has 0 radical (unpaired) electrons. The highest BCUT2D eigenvalue weighted by atomic mass is 16.1. The maximum Gasteiger partial charge on any atom is 0.207 e. The van der Waals surface area contributed by atoms with E-state index in [-0.39, 0.29) is 6.04 Å². The van der Waals surface area contributed by atoms with Crippen LogP contribution in [0.2, 0.25) is 0 Å². The first-order chi connectivity index (χ1) is 9.04. The summed E-state index contributed by atoms with van der Waals surface area (Å²) in [4.78, 5) is 12.9. The topological polar surface area (TPSA) is 32.3 Å². The van der Waals surface area contributed by atoms with Crippen molar-refractivity contribution in [3.8, 4) is 0 Å². The molecule has 98 valence electrons. The Kier molecular flexibility index (Phi) is 3.91. The van der Waals surface area contributed by atoms with Crippen molar-refractivity contribution >= 4 is 6.39 Å². The molecule has 1 aliphatic rings. The standard InChI is InChI=1S/C15H22N2O/c1-12(16-11-18)3-4-13-5-7-14(8-6-13)15-9-17(2)10-15/h5-8,11-12,15H,3-4,9-10H2,1-2H3,(H,16,18)/i11T. The normalized spacial score (nSPS) is 18.9. The van der Waals surface area contributed by atoms with Crippen LogP contribution < -0.4 is 5.32 Å². The summed E-state index contributed by atoms with van der Waals surface area (Å²) in [5, 5.41) is 2.59. The number of amides is 1. The van der Waals surface area contributed by atoms with Gasteiger partial charge in [-0.2, -0.15) is 0 Å². The first-order valence-electron chi connectivity index (χ1n) is 7.09. The van der Waals surface area contributed by atoms with Gasteiger partial charge in [-0.05, 0) is 37.9 Å². The van der Waals surface area contributed by atoms with E-state index < -0.39 is 6.39 Å². The van der Waals surface area contributed by atoms with Gasteiger partial charge in [-0.3, -0.25) is 4.79 Å². The molecule has 0 spiro atoms. The molecule has 3 nitrogen and oxygen atoms in total. The zero-order valence-corrected chi connectivity index (χ0v) is 11.1. The predicted octanol–water partition coefficient (Wildman–Crippen LogP) is 1.78. The summed E-state index contributed by atoms with van der Waals surface area (Å²) < 4.78 is 6.86. The molecule has 1 amide bonds. The number of benzene rings is 1. The van der Waals surface area contributed by atoms with Gasteiger partial charge >= 0.3 is 0 Å². The van der Waals surface area contributed by atoms with Gasteiger partial charge in [0.15, 0.2) is 0 Å². The number of aryl methyl sites for hydroxylation is 1. The number of carbonyl (C=O) groups is 1. The summed E-state index contributed by atoms with van der Waals surface area (Å²) in [6.45, 7) is 4.25. The van der Waals surface area contributed by atoms with Crippen LogP contribution in [0.15, 0.2) is 24.3 Å². The fourth-order valence-corrected chi connectivity index (χ4v) is 2.42. The van der Waals surface area contributed by atoms with E-state index in [9.17, 15) is 4.79 Å². The van der Waals surface area contributed by atoms with E-state index in [1.165, 1.54) is 11.1 Å². The zero-order valence-electron chi connectivity index (χ0n) is 12.1. The first-order valence-corrected chi connectivity index (χ1v) is 6.59. The van der Waals surface area contributed by atoms with Crippen LogP contribution in [0.5, 0.6) is 0 Å². The quantitative estimate of drug-likeness (QED) is 0.806. The predicted molar refractivity (Wildman–Crippen MR) is 73.7 cm³/mol. The molecule has 1 heterocycles. The Balaban J connectivity index is 1.80. The van der Waals surface area contributed by atoms with Gasteiger partial charge in [-0.15, -0.1) is 0 Å². The molecule has 0 bridgehead atoms. The number of carbonyl (C=O) groups excluding carboxylic acids is 1. The molecular weight excluding hydrogens is 224 g/mol. The third-order valence-electron chi connectivity index (χ3n) is 3.69. The van der Waals surface area contributed by atoms with Gasteiger partial charge in [0.2, 0.25) is 6.39 Å². The molecule has 1 aromatic rings. The van der Waals surface area contributed by atoms with Crippen LogP contribution in [0.1, 0.15) is 31.8 Å². The zero-order chi connectivity index (χ0) is 13.8. The van der Waals surface area contributed by atoms with Gasteiger partial charge in [0.05, 0.1) is 0 Å². The molecule has 1 aromatic carbocycles. The highest BCUT2D eigenvalue weighted by molar-refractivity contribution is 5.46. The van der Waals surface area contributed by atoms with Crippen molar-refractivity contribution in [2.45, 2.75) is 31.7 Å². The Morgan fingerprint density at radius 2 is 2.17 bits per heavy atom. The molecule has 0 saturated carbocycles. The van der Waals surface area contributed by atoms with E-state index in [1.807, 2.05) is 6.92 Å². The summed E-state index contributed by atoms with van der Waals surface area (Å²) >= 11 is 0. The van der Waals surface area contributed by atoms with Crippen molar-refractivity contribution in [3.05, 3.63) is 35.4 Å². The van der Waals surface area contributed by atoms with Crippen LogP contribution >= 0.6 is 0 Å². The minimum Gasteiger partial charge on any atom is -0.356 e. The van der Waals surface area contributed by atoms with E-state index in [1.54, 1.807) is 0 Å². The Morgan fingerprint density at radius 1 is 1.50 bits per heavy atom. The minimum atomic E-state index is -0.697. The van der Waals surface area contributed by atoms with Gasteiger partial charge in [-0.25, -0.2) is 0 Å². The molecule has 1 saturated heterocycles. The summed E-state index contributed by atoms with van der Waals surface area (Å²) in [5.41, 5.74) is 2.72. The molecule has 1 unspecified atom stereocenters. The third-order valence-corrected chi connectivity index (χ3v) is 3.69. The monoisotopic (exact) mass is 248 g/mol. The fraction of sp³-hybridized carbons (Fsp3) is 0.533. The molecule has 1 fully saturated rings. The second-order valence-corrected chi connectivity index (χ2v) is 5.35. The van der Waals surface area contributed by atoms with Crippen LogP contribution in [-0.4, -0.2) is 37.5 Å². The lowest BCUT2D eigenvalue weighted by atomic mass is 9.91. The second kappa shape index (κ2) is 6.01. The van der Waals surface area contributed by atoms with E-state index >= 15 is 0 Å². The Bertz CT molecular complexity index is 426. The van der Waals surface area contributed by atoms with Gasteiger partial charge in [0, 0.05) is 25.0 Å². The van der Waals surface area contributed by atoms with Crippen molar-refractivity contribution in [3.63, 3.8) is 0 Å². The maximum atomic E-state index is 10.6. The lowest BCUT2D eigenvalue weighted by Crippen LogP contribution is -2.41. The fourth-order valence-electron chi connectivity index (χ4n) is 2.42. The second-order valence-electron chi connectivity index (χ2n) is 5.35. The number of hydrogen-bond donors (Lipinski definition) is 1. The van der Waals surface area contributed by atoms with E-state index in [2.05, 4.69) is 41.5 Å². The van der Waals surface area contributed by atoms with Gasteiger partial charge < -0.3 is 10.2 Å². The molecule has 18 heavy (non-hydrogen) atoms. The van der Waals surface area contributed by atoms with E-state index in [0.717, 1.165) is 25.9 Å². The van der Waals surface area contributed by atoms with Crippen molar-refractivity contribution in [2.75, 3.05) is 20.1 Å². The maximum absolute atomic E-state index is 10.6. The molecule has 3 heteroatoms. The minimum absolute atomic E-state index is 0.0601. The summed E-state index contributed by atoms with van der Waals surface area (Å²) in [6.07, 6.45) is 1.11. The van der Waals surface area contributed by atoms with E-state index in [4.69, 9.17) is 1.37 Å². The smallest absolute Gasteiger partial charge is 0.207 e. The van der Waals surface area contributed by atoms with Gasteiger partial charge in [0.25, 0.3) is 0 Å². The summed E-state index contributed by atoms with van der Waals surface area (Å²) in [7, 11) is 2.15. The number of likely N-dealkylation sites (tertiary alicyclic amines) is 1. The number of nitrogens with zero attached hydrogens (tertiary/aromatic N) is 1. The van der Waals surface area contributed by atoms with Crippen molar-refractivity contribution in [1.29, 1.82) is 0 Å². The van der Waals surface area contributed by atoms with Crippen LogP contribution in [0, 0.1) is 0 Å². The summed E-state index contributed by atoms with van der Waals surface area (Å²) in [5.74, 6) is 0.695. The molecule has 0 aromatic heterocycles. The van der Waals surface area contributed by atoms with Crippen molar-refractivity contribution in [2.24, 2.45) is 0 Å². The number of hydrogen-bond acceptors (Lipinski definition) is 2. The Labute approximate surface area is 111 Å². The SMILES string of the molecule is [3H]C(=O)NC(C)CCc1ccc(C2CN(C)C2)cc1. The number of nitrogens with one attached hydrogen (secondary N) is 1. The van der Waals surface area contributed by atoms with E-state index in [0.29, 0.717) is 5.92 Å². The first kappa shape index (κ1) is 11.7. The van der Waals surface area contributed by atoms with Crippen LogP contribution in [0.3, 0.4) is 0 Å². The molecular formula is C15H22N2O. The highest BCUT2D eigenvalue weighted by Crippen LogP contribution is 2.25.